The van der Waals surface area contributed by atoms with Gasteiger partial charge < -0.3 is 4.90 Å². The lowest BCUT2D eigenvalue weighted by molar-refractivity contribution is -0.122. The Hall–Kier alpha value is -1.92. The molecule has 2 amide bonds. The highest BCUT2D eigenvalue weighted by Gasteiger charge is 2.41. The number of hydrogen-bond donors (Lipinski definition) is 0. The zero-order valence-corrected chi connectivity index (χ0v) is 17.9. The fraction of sp³-hybridized carbons (Fsp3) is 0.409. The predicted octanol–water partition coefficient (Wildman–Crippen LogP) is 5.15. The van der Waals surface area contributed by atoms with Gasteiger partial charge in [-0.25, -0.2) is 0 Å². The van der Waals surface area contributed by atoms with Gasteiger partial charge in [-0.05, 0) is 12.5 Å². The minimum atomic E-state index is -0.152. The van der Waals surface area contributed by atoms with Gasteiger partial charge >= 0.3 is 0 Å². The normalized spacial score (nSPS) is 19.0. The highest BCUT2D eigenvalue weighted by Crippen LogP contribution is 2.44. The molecule has 148 valence electrons. The van der Waals surface area contributed by atoms with Crippen LogP contribution in [0.25, 0.3) is 5.57 Å². The molecular formula is C22H26N2O2S2. The van der Waals surface area contributed by atoms with Gasteiger partial charge in [-0.15, -0.1) is 6.58 Å². The number of nitrogens with zero attached hydrogens (tertiary/aromatic N) is 2. The van der Waals surface area contributed by atoms with Crippen LogP contribution in [0, 0.1) is 0 Å². The van der Waals surface area contributed by atoms with Crippen molar-refractivity contribution in [3.63, 3.8) is 0 Å². The van der Waals surface area contributed by atoms with Crippen LogP contribution in [-0.4, -0.2) is 34.1 Å². The van der Waals surface area contributed by atoms with E-state index in [2.05, 4.69) is 13.5 Å². The van der Waals surface area contributed by atoms with Gasteiger partial charge in [-0.1, -0.05) is 87.3 Å². The summed E-state index contributed by atoms with van der Waals surface area (Å²) in [7, 11) is 0. The van der Waals surface area contributed by atoms with Crippen LogP contribution in [0.4, 0.5) is 5.69 Å². The summed E-state index contributed by atoms with van der Waals surface area (Å²) in [5, 5.41) is 0. The Kier molecular flexibility index (Phi) is 7.08. The van der Waals surface area contributed by atoms with Gasteiger partial charge in [0.15, 0.2) is 0 Å². The van der Waals surface area contributed by atoms with Crippen LogP contribution < -0.4 is 4.90 Å². The average Bonchev–Trinajstić information content (AvgIpc) is 3.12. The lowest BCUT2D eigenvalue weighted by Gasteiger charge is -2.14. The molecule has 3 rings (SSSR count). The Morgan fingerprint density at radius 1 is 1.04 bits per heavy atom. The van der Waals surface area contributed by atoms with Gasteiger partial charge in [-0.3, -0.25) is 14.5 Å². The zero-order valence-electron chi connectivity index (χ0n) is 16.3. The summed E-state index contributed by atoms with van der Waals surface area (Å²) < 4.78 is 0.550. The molecule has 0 radical (unpaired) electrons. The van der Waals surface area contributed by atoms with E-state index < -0.39 is 0 Å². The number of anilines is 1. The summed E-state index contributed by atoms with van der Waals surface area (Å²) in [5.74, 6) is -0.289. The van der Waals surface area contributed by atoms with Crippen molar-refractivity contribution >= 4 is 51.4 Å². The molecule has 1 aromatic rings. The minimum Gasteiger partial charge on any atom is -0.304 e. The van der Waals surface area contributed by atoms with E-state index in [0.717, 1.165) is 24.1 Å². The molecule has 2 heterocycles. The molecular weight excluding hydrogens is 388 g/mol. The smallest absolute Gasteiger partial charge is 0.267 e. The average molecular weight is 415 g/mol. The molecule has 28 heavy (non-hydrogen) atoms. The van der Waals surface area contributed by atoms with E-state index in [-0.39, 0.29) is 11.8 Å². The van der Waals surface area contributed by atoms with Gasteiger partial charge in [0.05, 0.1) is 16.2 Å². The number of carbonyl (C=O) groups excluding carboxylic acids is 2. The van der Waals surface area contributed by atoms with E-state index in [1.165, 1.54) is 37.4 Å². The van der Waals surface area contributed by atoms with Crippen LogP contribution >= 0.6 is 24.0 Å². The molecule has 0 bridgehead atoms. The molecule has 0 aliphatic carbocycles. The summed E-state index contributed by atoms with van der Waals surface area (Å²) >= 11 is 6.71. The first-order chi connectivity index (χ1) is 13.6. The van der Waals surface area contributed by atoms with Crippen molar-refractivity contribution in [2.45, 2.75) is 45.4 Å². The number of thioether (sulfide) groups is 1. The van der Waals surface area contributed by atoms with Crippen molar-refractivity contribution in [3.05, 3.63) is 47.4 Å². The minimum absolute atomic E-state index is 0.137. The van der Waals surface area contributed by atoms with E-state index in [9.17, 15) is 9.59 Å². The first-order valence-electron chi connectivity index (χ1n) is 9.90. The number of fused-ring (bicyclic) bond motifs is 1. The lowest BCUT2D eigenvalue weighted by atomic mass is 10.1. The fourth-order valence-corrected chi connectivity index (χ4v) is 4.98. The Morgan fingerprint density at radius 3 is 2.50 bits per heavy atom. The summed E-state index contributed by atoms with van der Waals surface area (Å²) in [4.78, 5) is 29.9. The molecule has 0 N–H and O–H groups in total. The van der Waals surface area contributed by atoms with Crippen molar-refractivity contribution in [1.29, 1.82) is 0 Å². The predicted molar refractivity (Wildman–Crippen MR) is 121 cm³/mol. The Balaban J connectivity index is 1.79. The quantitative estimate of drug-likeness (QED) is 0.242. The summed E-state index contributed by atoms with van der Waals surface area (Å²) in [5.41, 5.74) is 2.10. The summed E-state index contributed by atoms with van der Waals surface area (Å²) in [6.07, 6.45) is 8.64. The van der Waals surface area contributed by atoms with Crippen LogP contribution in [-0.2, 0) is 9.59 Å². The highest BCUT2D eigenvalue weighted by molar-refractivity contribution is 8.26. The number of hydrogen-bond acceptors (Lipinski definition) is 4. The number of para-hydroxylation sites is 1. The van der Waals surface area contributed by atoms with Crippen molar-refractivity contribution in [2.24, 2.45) is 0 Å². The molecule has 4 nitrogen and oxygen atoms in total. The first-order valence-corrected chi connectivity index (χ1v) is 11.1. The Morgan fingerprint density at radius 2 is 1.75 bits per heavy atom. The molecule has 1 aromatic carbocycles. The third kappa shape index (κ3) is 4.08. The Bertz CT molecular complexity index is 832. The van der Waals surface area contributed by atoms with Gasteiger partial charge in [0.2, 0.25) is 0 Å². The monoisotopic (exact) mass is 414 g/mol. The largest absolute Gasteiger partial charge is 0.304 e. The van der Waals surface area contributed by atoms with E-state index in [4.69, 9.17) is 12.2 Å². The van der Waals surface area contributed by atoms with Crippen molar-refractivity contribution < 1.29 is 9.59 Å². The number of carbonyl (C=O) groups is 2. The van der Waals surface area contributed by atoms with Crippen LogP contribution in [0.3, 0.4) is 0 Å². The maximum Gasteiger partial charge on any atom is 0.267 e. The van der Waals surface area contributed by atoms with E-state index >= 15 is 0 Å². The second kappa shape index (κ2) is 9.52. The summed E-state index contributed by atoms with van der Waals surface area (Å²) in [6.45, 7) is 6.98. The molecule has 0 unspecified atom stereocenters. The van der Waals surface area contributed by atoms with E-state index in [1.807, 2.05) is 24.3 Å². The summed E-state index contributed by atoms with van der Waals surface area (Å²) in [6, 6.07) is 7.59. The molecule has 2 aliphatic heterocycles. The van der Waals surface area contributed by atoms with Crippen molar-refractivity contribution in [3.8, 4) is 0 Å². The standard InChI is InChI=1S/C22H26N2O2S2/c1-3-5-6-7-8-11-15-24-21(26)19(28-22(24)27)18-16-12-9-10-13-17(16)23(14-4-2)20(18)25/h4,9-10,12-13H,2-3,5-8,11,14-15H2,1H3/b19-18-. The topological polar surface area (TPSA) is 40.6 Å². The second-order valence-electron chi connectivity index (χ2n) is 7.02. The lowest BCUT2D eigenvalue weighted by Crippen LogP contribution is -2.30. The zero-order chi connectivity index (χ0) is 20.1. The van der Waals surface area contributed by atoms with Gasteiger partial charge in [-0.2, -0.15) is 0 Å². The van der Waals surface area contributed by atoms with Crippen LogP contribution in [0.2, 0.25) is 0 Å². The maximum atomic E-state index is 13.1. The second-order valence-corrected chi connectivity index (χ2v) is 8.66. The third-order valence-corrected chi connectivity index (χ3v) is 6.49. The van der Waals surface area contributed by atoms with E-state index in [1.54, 1.807) is 15.9 Å². The van der Waals surface area contributed by atoms with Crippen molar-refractivity contribution in [2.75, 3.05) is 18.0 Å². The van der Waals surface area contributed by atoms with Crippen LogP contribution in [0.1, 0.15) is 51.0 Å². The van der Waals surface area contributed by atoms with Crippen LogP contribution in [0.5, 0.6) is 0 Å². The maximum absolute atomic E-state index is 13.1. The fourth-order valence-electron chi connectivity index (χ4n) is 3.60. The molecule has 0 spiro atoms. The van der Waals surface area contributed by atoms with Gasteiger partial charge in [0.25, 0.3) is 11.8 Å². The number of thiocarbonyl (C=S) groups is 1. The molecule has 0 atom stereocenters. The Labute approximate surface area is 176 Å². The van der Waals surface area contributed by atoms with Gasteiger partial charge in [0, 0.05) is 18.7 Å². The number of rotatable bonds is 9. The van der Waals surface area contributed by atoms with Gasteiger partial charge in [0.1, 0.15) is 4.32 Å². The molecule has 2 aliphatic rings. The van der Waals surface area contributed by atoms with Crippen molar-refractivity contribution in [1.82, 2.24) is 4.90 Å². The SMILES string of the molecule is C=CCN1C(=O)/C(=C2\SC(=S)N(CCCCCCCC)C2=O)c2ccccc21. The molecule has 6 heteroatoms. The molecule has 1 saturated heterocycles. The molecule has 0 aromatic heterocycles. The number of unbranched alkanes of at least 4 members (excludes halogenated alkanes) is 5. The number of benzene rings is 1. The molecule has 1 fully saturated rings. The molecule has 0 saturated carbocycles. The van der Waals surface area contributed by atoms with Crippen LogP contribution in [0.15, 0.2) is 41.8 Å². The van der Waals surface area contributed by atoms with E-state index in [0.29, 0.717) is 27.9 Å². The first kappa shape index (κ1) is 20.8. The highest BCUT2D eigenvalue weighted by atomic mass is 32.2. The third-order valence-electron chi connectivity index (χ3n) is 5.05. The number of amides is 2.